The highest BCUT2D eigenvalue weighted by Crippen LogP contribution is 2.20. The molecule has 1 aliphatic rings. The van der Waals surface area contributed by atoms with Crippen molar-refractivity contribution in [3.05, 3.63) is 48.2 Å². The third kappa shape index (κ3) is 1.38. The normalized spacial score (nSPS) is 15.6. The van der Waals surface area contributed by atoms with Gasteiger partial charge in [-0.2, -0.15) is 0 Å². The van der Waals surface area contributed by atoms with Crippen molar-refractivity contribution < 1.29 is 0 Å². The largest absolute Gasteiger partial charge is 0.360 e. The maximum Gasteiger partial charge on any atom is 0.0574 e. The van der Waals surface area contributed by atoms with Gasteiger partial charge in [0.15, 0.2) is 0 Å². The molecule has 2 heterocycles. The van der Waals surface area contributed by atoms with E-state index in [1.165, 1.54) is 22.2 Å². The average Bonchev–Trinajstić information content (AvgIpc) is 2.74. The third-order valence-electron chi connectivity index (χ3n) is 2.77. The summed E-state index contributed by atoms with van der Waals surface area (Å²) >= 11 is 0. The number of aromatic nitrogens is 1. The zero-order valence-corrected chi connectivity index (χ0v) is 8.40. The predicted octanol–water partition coefficient (Wildman–Crippen LogP) is 2.92. The predicted molar refractivity (Wildman–Crippen MR) is 63.5 cm³/mol. The van der Waals surface area contributed by atoms with Crippen molar-refractivity contribution in [1.29, 1.82) is 0 Å². The van der Waals surface area contributed by atoms with Crippen LogP contribution in [0.2, 0.25) is 0 Å². The van der Waals surface area contributed by atoms with E-state index in [1.807, 2.05) is 6.07 Å². The number of H-pyrrole nitrogens is 1. The lowest BCUT2D eigenvalue weighted by molar-refractivity contribution is 1.17. The maximum atomic E-state index is 4.53. The van der Waals surface area contributed by atoms with Crippen LogP contribution in [0.3, 0.4) is 0 Å². The Morgan fingerprint density at radius 3 is 2.93 bits per heavy atom. The molecule has 0 fully saturated rings. The Kier molecular flexibility index (Phi) is 1.91. The molecule has 74 valence electrons. The Hall–Kier alpha value is -1.83. The molecule has 0 saturated heterocycles. The quantitative estimate of drug-likeness (QED) is 0.679. The molecule has 1 aromatic heterocycles. The van der Waals surface area contributed by atoms with Gasteiger partial charge in [-0.05, 0) is 6.07 Å². The minimum absolute atomic E-state index is 0.814. The molecular weight excluding hydrogens is 184 g/mol. The van der Waals surface area contributed by atoms with Crippen molar-refractivity contribution in [1.82, 2.24) is 4.98 Å². The highest BCUT2D eigenvalue weighted by atomic mass is 14.8. The van der Waals surface area contributed by atoms with E-state index in [4.69, 9.17) is 0 Å². The summed E-state index contributed by atoms with van der Waals surface area (Å²) in [5.74, 6) is 0. The highest BCUT2D eigenvalue weighted by Gasteiger charge is 2.09. The standard InChI is InChI=1S/C13H12N2/c1-2-6-12-10(5-1)11(9-15-12)13-7-3-4-8-14-13/h1-6,9,15H,7-8H2. The number of dihydropyridines is 1. The van der Waals surface area contributed by atoms with E-state index in [0.717, 1.165) is 13.0 Å². The zero-order valence-electron chi connectivity index (χ0n) is 8.40. The average molecular weight is 196 g/mol. The fraction of sp³-hybridized carbons (Fsp3) is 0.154. The van der Waals surface area contributed by atoms with Gasteiger partial charge in [0.2, 0.25) is 0 Å². The first kappa shape index (κ1) is 8.48. The van der Waals surface area contributed by atoms with E-state index in [1.54, 1.807) is 0 Å². The van der Waals surface area contributed by atoms with Gasteiger partial charge in [-0.25, -0.2) is 0 Å². The molecule has 1 N–H and O–H groups in total. The molecule has 3 rings (SSSR count). The van der Waals surface area contributed by atoms with Crippen molar-refractivity contribution in [2.24, 2.45) is 4.99 Å². The molecule has 0 amide bonds. The third-order valence-corrected chi connectivity index (χ3v) is 2.77. The second-order valence-corrected chi connectivity index (χ2v) is 3.71. The van der Waals surface area contributed by atoms with Crippen molar-refractivity contribution in [3.63, 3.8) is 0 Å². The van der Waals surface area contributed by atoms with Gasteiger partial charge in [-0.15, -0.1) is 0 Å². The summed E-state index contributed by atoms with van der Waals surface area (Å²) in [7, 11) is 0. The first-order valence-electron chi connectivity index (χ1n) is 5.20. The number of fused-ring (bicyclic) bond motifs is 1. The van der Waals surface area contributed by atoms with Crippen LogP contribution < -0.4 is 0 Å². The van der Waals surface area contributed by atoms with Crippen LogP contribution in [0.1, 0.15) is 12.0 Å². The van der Waals surface area contributed by atoms with E-state index in [-0.39, 0.29) is 0 Å². The van der Waals surface area contributed by atoms with Crippen molar-refractivity contribution in [2.75, 3.05) is 6.54 Å². The van der Waals surface area contributed by atoms with E-state index in [0.29, 0.717) is 0 Å². The van der Waals surface area contributed by atoms with Gasteiger partial charge < -0.3 is 4.98 Å². The van der Waals surface area contributed by atoms with Crippen LogP contribution in [0, 0.1) is 0 Å². The molecule has 1 aliphatic heterocycles. The van der Waals surface area contributed by atoms with Crippen molar-refractivity contribution >= 4 is 16.6 Å². The summed E-state index contributed by atoms with van der Waals surface area (Å²) in [6, 6.07) is 8.35. The van der Waals surface area contributed by atoms with Gasteiger partial charge in [0.1, 0.15) is 0 Å². The Bertz CT molecular complexity index is 546. The van der Waals surface area contributed by atoms with Crippen LogP contribution in [0.25, 0.3) is 10.9 Å². The number of allylic oxidation sites excluding steroid dienone is 1. The SMILES string of the molecule is C1=CCC(c2c[nH]c3ccccc23)=NC1. The molecule has 0 atom stereocenters. The molecule has 1 aromatic carbocycles. The molecule has 0 bridgehead atoms. The molecule has 2 nitrogen and oxygen atoms in total. The first-order valence-corrected chi connectivity index (χ1v) is 5.20. The minimum atomic E-state index is 0.814. The lowest BCUT2D eigenvalue weighted by Gasteiger charge is -2.05. The Labute approximate surface area is 88.3 Å². The number of hydrogen-bond acceptors (Lipinski definition) is 1. The summed E-state index contributed by atoms with van der Waals surface area (Å²) in [4.78, 5) is 7.81. The number of para-hydroxylation sites is 1. The second-order valence-electron chi connectivity index (χ2n) is 3.71. The van der Waals surface area contributed by atoms with Crippen molar-refractivity contribution in [3.8, 4) is 0 Å². The molecule has 2 heteroatoms. The topological polar surface area (TPSA) is 28.1 Å². The lowest BCUT2D eigenvalue weighted by atomic mass is 10.0. The van der Waals surface area contributed by atoms with Gasteiger partial charge in [0, 0.05) is 34.8 Å². The summed E-state index contributed by atoms with van der Waals surface area (Å²) in [6.45, 7) is 0.814. The fourth-order valence-electron chi connectivity index (χ4n) is 2.00. The molecule has 0 saturated carbocycles. The van der Waals surface area contributed by atoms with E-state index >= 15 is 0 Å². The molecule has 2 aromatic rings. The Morgan fingerprint density at radius 1 is 1.13 bits per heavy atom. The second kappa shape index (κ2) is 3.39. The summed E-state index contributed by atoms with van der Waals surface area (Å²) < 4.78 is 0. The molecule has 15 heavy (non-hydrogen) atoms. The smallest absolute Gasteiger partial charge is 0.0574 e. The summed E-state index contributed by atoms with van der Waals surface area (Å²) in [5, 5.41) is 1.27. The summed E-state index contributed by atoms with van der Waals surface area (Å²) in [5.41, 5.74) is 3.62. The van der Waals surface area contributed by atoms with Gasteiger partial charge in [-0.3, -0.25) is 4.99 Å². The van der Waals surface area contributed by atoms with Crippen LogP contribution in [-0.2, 0) is 0 Å². The number of rotatable bonds is 1. The number of aliphatic imine (C=N–C) groups is 1. The number of benzene rings is 1. The number of aromatic amines is 1. The van der Waals surface area contributed by atoms with E-state index in [2.05, 4.69) is 46.5 Å². The van der Waals surface area contributed by atoms with Gasteiger partial charge in [0.05, 0.1) is 6.54 Å². The van der Waals surface area contributed by atoms with Crippen LogP contribution >= 0.6 is 0 Å². The highest BCUT2D eigenvalue weighted by molar-refractivity contribution is 6.11. The molecule has 0 radical (unpaired) electrons. The van der Waals surface area contributed by atoms with Gasteiger partial charge >= 0.3 is 0 Å². The zero-order chi connectivity index (χ0) is 10.1. The van der Waals surface area contributed by atoms with Crippen LogP contribution in [0.5, 0.6) is 0 Å². The molecular formula is C13H12N2. The maximum absolute atomic E-state index is 4.53. The van der Waals surface area contributed by atoms with E-state index in [9.17, 15) is 0 Å². The first-order chi connectivity index (χ1) is 7.45. The number of hydrogen-bond donors (Lipinski definition) is 1. The minimum Gasteiger partial charge on any atom is -0.360 e. The van der Waals surface area contributed by atoms with E-state index < -0.39 is 0 Å². The fourth-order valence-corrected chi connectivity index (χ4v) is 2.00. The van der Waals surface area contributed by atoms with Crippen LogP contribution in [0.15, 0.2) is 47.6 Å². The van der Waals surface area contributed by atoms with Gasteiger partial charge in [-0.1, -0.05) is 30.4 Å². The lowest BCUT2D eigenvalue weighted by Crippen LogP contribution is -2.02. The number of nitrogens with zero attached hydrogens (tertiary/aromatic N) is 1. The van der Waals surface area contributed by atoms with Crippen LogP contribution in [0.4, 0.5) is 0 Å². The Morgan fingerprint density at radius 2 is 2.07 bits per heavy atom. The van der Waals surface area contributed by atoms with Gasteiger partial charge in [0.25, 0.3) is 0 Å². The molecule has 0 aliphatic carbocycles. The van der Waals surface area contributed by atoms with Crippen LogP contribution in [-0.4, -0.2) is 17.2 Å². The number of nitrogens with one attached hydrogen (secondary N) is 1. The Balaban J connectivity index is 2.15. The molecule has 0 spiro atoms. The monoisotopic (exact) mass is 196 g/mol. The van der Waals surface area contributed by atoms with Crippen molar-refractivity contribution in [2.45, 2.75) is 6.42 Å². The summed E-state index contributed by atoms with van der Waals surface area (Å²) in [6.07, 6.45) is 7.30. The molecule has 0 unspecified atom stereocenters.